The molecule has 6 nitrogen and oxygen atoms in total. The molecule has 1 saturated carbocycles. The number of nitrogens with zero attached hydrogens (tertiary/aromatic N) is 3. The van der Waals surface area contributed by atoms with Gasteiger partial charge in [0.2, 0.25) is 21.8 Å². The van der Waals surface area contributed by atoms with Crippen LogP contribution in [-0.2, 0) is 10.0 Å². The Hall–Kier alpha value is -1.25. The molecule has 2 aromatic rings. The molecule has 1 unspecified atom stereocenters. The number of hydrogen-bond acceptors (Lipinski definition) is 6. The smallest absolute Gasteiger partial charge is 0.248 e. The van der Waals surface area contributed by atoms with Crippen LogP contribution in [0.25, 0.3) is 11.5 Å². The first kappa shape index (κ1) is 14.3. The summed E-state index contributed by atoms with van der Waals surface area (Å²) in [7, 11) is -3.12. The summed E-state index contributed by atoms with van der Waals surface area (Å²) < 4.78 is 32.1. The number of hydrogen-bond donors (Lipinski definition) is 0. The molecule has 0 radical (unpaired) electrons. The Bertz CT molecular complexity index is 750. The van der Waals surface area contributed by atoms with Crippen molar-refractivity contribution in [3.8, 4) is 11.5 Å². The van der Waals surface area contributed by atoms with Gasteiger partial charge in [-0.25, -0.2) is 12.7 Å². The minimum Gasteiger partial charge on any atom is -0.420 e. The van der Waals surface area contributed by atoms with E-state index >= 15 is 0 Å². The van der Waals surface area contributed by atoms with E-state index in [1.807, 2.05) is 16.8 Å². The van der Waals surface area contributed by atoms with Crippen LogP contribution in [0.15, 0.2) is 21.2 Å². The SMILES string of the molecule is O=S(=O)(C1CC1)N1CCCC(c2nnc(-c3ccsc3)o2)C1. The first-order valence-electron chi connectivity index (χ1n) is 7.49. The Morgan fingerprint density at radius 1 is 1.27 bits per heavy atom. The maximum Gasteiger partial charge on any atom is 0.248 e. The first-order chi connectivity index (χ1) is 10.6. The zero-order valence-corrected chi connectivity index (χ0v) is 13.6. The average Bonchev–Trinajstić information content (AvgIpc) is 3.06. The predicted octanol–water partition coefficient (Wildman–Crippen LogP) is 2.47. The molecular weight excluding hydrogens is 322 g/mol. The van der Waals surface area contributed by atoms with E-state index in [2.05, 4.69) is 10.2 Å². The third-order valence-corrected chi connectivity index (χ3v) is 7.30. The van der Waals surface area contributed by atoms with Crippen molar-refractivity contribution in [1.29, 1.82) is 0 Å². The van der Waals surface area contributed by atoms with Crippen LogP contribution < -0.4 is 0 Å². The molecular formula is C14H17N3O3S2. The fourth-order valence-corrected chi connectivity index (χ4v) is 5.41. The zero-order valence-electron chi connectivity index (χ0n) is 12.0. The van der Waals surface area contributed by atoms with Crippen LogP contribution in [0, 0.1) is 0 Å². The highest BCUT2D eigenvalue weighted by molar-refractivity contribution is 7.90. The monoisotopic (exact) mass is 339 g/mol. The molecule has 2 fully saturated rings. The summed E-state index contributed by atoms with van der Waals surface area (Å²) in [6.45, 7) is 1.07. The minimum atomic E-state index is -3.12. The Balaban J connectivity index is 1.53. The second kappa shape index (κ2) is 5.43. The van der Waals surface area contributed by atoms with Crippen LogP contribution in [0.5, 0.6) is 0 Å². The summed E-state index contributed by atoms with van der Waals surface area (Å²) >= 11 is 1.58. The summed E-state index contributed by atoms with van der Waals surface area (Å²) in [4.78, 5) is 0. The highest BCUT2D eigenvalue weighted by Crippen LogP contribution is 2.35. The fourth-order valence-electron chi connectivity index (χ4n) is 2.85. The van der Waals surface area contributed by atoms with E-state index < -0.39 is 10.0 Å². The molecule has 2 aromatic heterocycles. The van der Waals surface area contributed by atoms with Crippen LogP contribution in [-0.4, -0.2) is 41.3 Å². The van der Waals surface area contributed by atoms with Gasteiger partial charge in [-0.1, -0.05) is 0 Å². The zero-order chi connectivity index (χ0) is 15.2. The molecule has 0 aromatic carbocycles. The number of rotatable bonds is 4. The third-order valence-electron chi connectivity index (χ3n) is 4.25. The van der Waals surface area contributed by atoms with E-state index in [0.29, 0.717) is 24.9 Å². The van der Waals surface area contributed by atoms with Crippen molar-refractivity contribution in [3.63, 3.8) is 0 Å². The molecule has 8 heteroatoms. The summed E-state index contributed by atoms with van der Waals surface area (Å²) in [5, 5.41) is 12.0. The maximum absolute atomic E-state index is 12.4. The number of sulfonamides is 1. The third kappa shape index (κ3) is 2.59. The van der Waals surface area contributed by atoms with Gasteiger partial charge in [0.05, 0.1) is 11.2 Å². The fraction of sp³-hybridized carbons (Fsp3) is 0.571. The quantitative estimate of drug-likeness (QED) is 0.855. The molecule has 118 valence electrons. The van der Waals surface area contributed by atoms with Gasteiger partial charge in [0.25, 0.3) is 0 Å². The van der Waals surface area contributed by atoms with Gasteiger partial charge >= 0.3 is 0 Å². The molecule has 22 heavy (non-hydrogen) atoms. The molecule has 1 aliphatic carbocycles. The summed E-state index contributed by atoms with van der Waals surface area (Å²) in [5.41, 5.74) is 0.919. The lowest BCUT2D eigenvalue weighted by Gasteiger charge is -2.30. The Morgan fingerprint density at radius 2 is 2.14 bits per heavy atom. The van der Waals surface area contributed by atoms with Gasteiger partial charge in [0.1, 0.15) is 0 Å². The van der Waals surface area contributed by atoms with Gasteiger partial charge in [-0.15, -0.1) is 10.2 Å². The summed E-state index contributed by atoms with van der Waals surface area (Å²) in [6.07, 6.45) is 3.33. The van der Waals surface area contributed by atoms with Crippen LogP contribution in [0.3, 0.4) is 0 Å². The highest BCUT2D eigenvalue weighted by atomic mass is 32.2. The lowest BCUT2D eigenvalue weighted by atomic mass is 10.00. The van der Waals surface area contributed by atoms with Crippen LogP contribution in [0.2, 0.25) is 0 Å². The van der Waals surface area contributed by atoms with Crippen molar-refractivity contribution >= 4 is 21.4 Å². The molecule has 0 spiro atoms. The van der Waals surface area contributed by atoms with E-state index in [9.17, 15) is 8.42 Å². The Labute approximate surface area is 133 Å². The average molecular weight is 339 g/mol. The van der Waals surface area contributed by atoms with Crippen molar-refractivity contribution in [2.75, 3.05) is 13.1 Å². The molecule has 1 saturated heterocycles. The van der Waals surface area contributed by atoms with Gasteiger partial charge in [-0.05, 0) is 37.1 Å². The van der Waals surface area contributed by atoms with E-state index in [4.69, 9.17) is 4.42 Å². The number of thiophene rings is 1. The lowest BCUT2D eigenvalue weighted by Crippen LogP contribution is -2.40. The van der Waals surface area contributed by atoms with Crippen molar-refractivity contribution in [3.05, 3.63) is 22.7 Å². The minimum absolute atomic E-state index is 0.00200. The van der Waals surface area contributed by atoms with E-state index in [1.54, 1.807) is 15.6 Å². The molecule has 1 aliphatic heterocycles. The largest absolute Gasteiger partial charge is 0.420 e. The molecule has 0 bridgehead atoms. The second-order valence-electron chi connectivity index (χ2n) is 5.90. The van der Waals surface area contributed by atoms with E-state index in [1.165, 1.54) is 0 Å². The second-order valence-corrected chi connectivity index (χ2v) is 8.89. The maximum atomic E-state index is 12.4. The summed E-state index contributed by atoms with van der Waals surface area (Å²) in [6, 6.07) is 1.94. The number of aromatic nitrogens is 2. The van der Waals surface area contributed by atoms with E-state index in [0.717, 1.165) is 31.2 Å². The topological polar surface area (TPSA) is 76.3 Å². The molecule has 0 amide bonds. The van der Waals surface area contributed by atoms with Gasteiger partial charge in [-0.2, -0.15) is 11.3 Å². The normalized spacial score (nSPS) is 23.7. The van der Waals surface area contributed by atoms with Crippen molar-refractivity contribution < 1.29 is 12.8 Å². The molecule has 2 aliphatic rings. The van der Waals surface area contributed by atoms with Gasteiger partial charge < -0.3 is 4.42 Å². The predicted molar refractivity (Wildman–Crippen MR) is 83.1 cm³/mol. The van der Waals surface area contributed by atoms with Gasteiger partial charge in [-0.3, -0.25) is 0 Å². The van der Waals surface area contributed by atoms with Gasteiger partial charge in [0, 0.05) is 24.0 Å². The Morgan fingerprint density at radius 3 is 2.86 bits per heavy atom. The standard InChI is InChI=1S/C14H17N3O3S2/c18-22(19,12-3-4-12)17-6-1-2-10(8-17)13-15-16-14(20-13)11-5-7-21-9-11/h5,7,9-10,12H,1-4,6,8H2. The summed E-state index contributed by atoms with van der Waals surface area (Å²) in [5.74, 6) is 1.07. The van der Waals surface area contributed by atoms with Gasteiger partial charge in [0.15, 0.2) is 0 Å². The highest BCUT2D eigenvalue weighted by Gasteiger charge is 2.42. The van der Waals surface area contributed by atoms with Crippen molar-refractivity contribution in [2.24, 2.45) is 0 Å². The molecule has 1 atom stereocenters. The molecule has 4 rings (SSSR count). The van der Waals surface area contributed by atoms with Crippen LogP contribution in [0.1, 0.15) is 37.5 Å². The van der Waals surface area contributed by atoms with E-state index in [-0.39, 0.29) is 11.2 Å². The van der Waals surface area contributed by atoms with Crippen LogP contribution >= 0.6 is 11.3 Å². The van der Waals surface area contributed by atoms with Crippen molar-refractivity contribution in [1.82, 2.24) is 14.5 Å². The van der Waals surface area contributed by atoms with Crippen molar-refractivity contribution in [2.45, 2.75) is 36.9 Å². The molecule has 0 N–H and O–H groups in total. The number of piperidine rings is 1. The van der Waals surface area contributed by atoms with Crippen LogP contribution in [0.4, 0.5) is 0 Å². The Kier molecular flexibility index (Phi) is 3.54. The first-order valence-corrected chi connectivity index (χ1v) is 9.94. The lowest BCUT2D eigenvalue weighted by molar-refractivity contribution is 0.286. The molecule has 3 heterocycles.